The fourth-order valence-corrected chi connectivity index (χ4v) is 3.38. The number of aliphatic imine (C=N–C) groups is 1. The molecule has 0 saturated carbocycles. The Morgan fingerprint density at radius 1 is 1.16 bits per heavy atom. The van der Waals surface area contributed by atoms with Crippen LogP contribution < -0.4 is 10.5 Å². The highest BCUT2D eigenvalue weighted by molar-refractivity contribution is 6.13. The Kier molecular flexibility index (Phi) is 3.15. The predicted molar refractivity (Wildman–Crippen MR) is 82.3 cm³/mol. The second-order valence-corrected chi connectivity index (χ2v) is 5.89. The molecule has 5 nitrogen and oxygen atoms in total. The van der Waals surface area contributed by atoms with Gasteiger partial charge < -0.3 is 10.5 Å². The van der Waals surface area contributed by atoms with Crippen molar-refractivity contribution in [2.75, 3.05) is 6.61 Å². The minimum atomic E-state index is -4.63. The lowest BCUT2D eigenvalue weighted by Gasteiger charge is -2.38. The van der Waals surface area contributed by atoms with Gasteiger partial charge in [-0.25, -0.2) is 4.98 Å². The maximum absolute atomic E-state index is 13.2. The highest BCUT2D eigenvalue weighted by Crippen LogP contribution is 2.47. The molecule has 0 radical (unpaired) electrons. The smallest absolute Gasteiger partial charge is 0.433 e. The van der Waals surface area contributed by atoms with Crippen molar-refractivity contribution < 1.29 is 22.7 Å². The summed E-state index contributed by atoms with van der Waals surface area (Å²) >= 11 is 0. The largest absolute Gasteiger partial charge is 0.493 e. The van der Waals surface area contributed by atoms with E-state index in [0.717, 1.165) is 6.07 Å². The van der Waals surface area contributed by atoms with Crippen molar-refractivity contribution >= 4 is 11.7 Å². The number of pyridine rings is 1. The van der Waals surface area contributed by atoms with Crippen molar-refractivity contribution in [3.63, 3.8) is 0 Å². The van der Waals surface area contributed by atoms with Gasteiger partial charge in [0.1, 0.15) is 22.7 Å². The van der Waals surface area contributed by atoms with Gasteiger partial charge in [0, 0.05) is 17.5 Å². The molecule has 0 aliphatic carbocycles. The van der Waals surface area contributed by atoms with E-state index in [2.05, 4.69) is 9.98 Å². The molecule has 128 valence electrons. The number of ether oxygens (including phenoxy) is 1. The van der Waals surface area contributed by atoms with E-state index in [1.807, 2.05) is 0 Å². The van der Waals surface area contributed by atoms with E-state index >= 15 is 0 Å². The summed E-state index contributed by atoms with van der Waals surface area (Å²) in [7, 11) is 0. The molecule has 25 heavy (non-hydrogen) atoms. The number of hydrogen-bond donors (Lipinski definition) is 1. The van der Waals surface area contributed by atoms with Gasteiger partial charge in [-0.3, -0.25) is 4.79 Å². The molecule has 2 aliphatic rings. The van der Waals surface area contributed by atoms with Gasteiger partial charge in [-0.15, -0.1) is 0 Å². The SMILES string of the molecule is NC1=NC(=O)C2(CCOc3ccccc32)c2nc(C(F)(F)F)ccc21. The normalized spacial score (nSPS) is 22.0. The third-order valence-corrected chi connectivity index (χ3v) is 4.53. The number of para-hydroxylation sites is 1. The molecular formula is C17H12F3N3O2. The number of benzene rings is 1. The zero-order valence-corrected chi connectivity index (χ0v) is 12.8. The van der Waals surface area contributed by atoms with Crippen LogP contribution in [0.25, 0.3) is 0 Å². The molecule has 2 aliphatic heterocycles. The molecule has 2 N–H and O–H groups in total. The Morgan fingerprint density at radius 2 is 1.92 bits per heavy atom. The Balaban J connectivity index is 2.05. The number of carbonyl (C=O) groups excluding carboxylic acids is 1. The number of alkyl halides is 3. The molecule has 1 atom stereocenters. The number of nitrogens with two attached hydrogens (primary N) is 1. The number of aromatic nitrogens is 1. The van der Waals surface area contributed by atoms with Crippen LogP contribution in [0.5, 0.6) is 5.75 Å². The first-order valence-corrected chi connectivity index (χ1v) is 7.54. The second kappa shape index (κ2) is 5.05. The van der Waals surface area contributed by atoms with Crippen LogP contribution in [0, 0.1) is 0 Å². The van der Waals surface area contributed by atoms with E-state index in [-0.39, 0.29) is 30.1 Å². The first-order chi connectivity index (χ1) is 11.8. The predicted octanol–water partition coefficient (Wildman–Crippen LogP) is 2.41. The summed E-state index contributed by atoms with van der Waals surface area (Å²) in [4.78, 5) is 20.5. The minimum Gasteiger partial charge on any atom is -0.493 e. The van der Waals surface area contributed by atoms with Crippen LogP contribution in [0.3, 0.4) is 0 Å². The molecule has 8 heteroatoms. The summed E-state index contributed by atoms with van der Waals surface area (Å²) in [5, 5.41) is 0. The second-order valence-electron chi connectivity index (χ2n) is 5.89. The molecule has 0 fully saturated rings. The molecule has 0 bridgehead atoms. The van der Waals surface area contributed by atoms with Crippen molar-refractivity contribution in [3.8, 4) is 5.75 Å². The van der Waals surface area contributed by atoms with Gasteiger partial charge in [0.2, 0.25) is 0 Å². The van der Waals surface area contributed by atoms with E-state index in [9.17, 15) is 18.0 Å². The lowest BCUT2D eigenvalue weighted by molar-refractivity contribution is -0.141. The minimum absolute atomic E-state index is 0.0180. The lowest BCUT2D eigenvalue weighted by atomic mass is 9.69. The van der Waals surface area contributed by atoms with Crippen LogP contribution in [-0.4, -0.2) is 23.3 Å². The first kappa shape index (κ1) is 15.6. The van der Waals surface area contributed by atoms with Gasteiger partial charge >= 0.3 is 6.18 Å². The van der Waals surface area contributed by atoms with Crippen LogP contribution in [-0.2, 0) is 16.4 Å². The summed E-state index contributed by atoms with van der Waals surface area (Å²) in [6.07, 6.45) is -4.49. The molecule has 1 aromatic heterocycles. The zero-order valence-electron chi connectivity index (χ0n) is 12.8. The fourth-order valence-electron chi connectivity index (χ4n) is 3.38. The molecule has 3 heterocycles. The van der Waals surface area contributed by atoms with Gasteiger partial charge in [-0.1, -0.05) is 18.2 Å². The number of amides is 1. The van der Waals surface area contributed by atoms with Gasteiger partial charge in [0.15, 0.2) is 0 Å². The average molecular weight is 347 g/mol. The van der Waals surface area contributed by atoms with Gasteiger partial charge in [-0.05, 0) is 18.2 Å². The van der Waals surface area contributed by atoms with Crippen molar-refractivity contribution in [1.29, 1.82) is 0 Å². The molecular weight excluding hydrogens is 335 g/mol. The fraction of sp³-hybridized carbons (Fsp3) is 0.235. The number of nitrogens with zero attached hydrogens (tertiary/aromatic N) is 2. The third-order valence-electron chi connectivity index (χ3n) is 4.53. The quantitative estimate of drug-likeness (QED) is 0.794. The number of hydrogen-bond acceptors (Lipinski definition) is 4. The van der Waals surface area contributed by atoms with E-state index in [1.165, 1.54) is 6.07 Å². The lowest BCUT2D eigenvalue weighted by Crippen LogP contribution is -2.47. The molecule has 1 spiro atoms. The van der Waals surface area contributed by atoms with Crippen molar-refractivity contribution in [3.05, 3.63) is 58.9 Å². The third kappa shape index (κ3) is 2.13. The maximum atomic E-state index is 13.2. The number of rotatable bonds is 0. The highest BCUT2D eigenvalue weighted by Gasteiger charge is 2.51. The Hall–Kier alpha value is -2.90. The molecule has 0 saturated heterocycles. The van der Waals surface area contributed by atoms with Crippen LogP contribution in [0.2, 0.25) is 0 Å². The molecule has 4 rings (SSSR count). The van der Waals surface area contributed by atoms with Crippen LogP contribution >= 0.6 is 0 Å². The standard InChI is InChI=1S/C17H12F3N3O2/c18-17(19,20)12-6-5-9-13(22-12)16(15(24)23-14(9)21)7-8-25-11-4-2-1-3-10(11)16/h1-6H,7-8H2,(H2,21,23,24). The monoisotopic (exact) mass is 347 g/mol. The number of halogens is 3. The van der Waals surface area contributed by atoms with Crippen LogP contribution in [0.4, 0.5) is 13.2 Å². The van der Waals surface area contributed by atoms with E-state index < -0.39 is 23.2 Å². The number of fused-ring (bicyclic) bond motifs is 4. The van der Waals surface area contributed by atoms with Crippen molar-refractivity contribution in [2.24, 2.45) is 10.7 Å². The molecule has 1 aromatic carbocycles. The summed E-state index contributed by atoms with van der Waals surface area (Å²) in [6.45, 7) is 0.162. The molecule has 2 aromatic rings. The van der Waals surface area contributed by atoms with Crippen molar-refractivity contribution in [1.82, 2.24) is 4.98 Å². The van der Waals surface area contributed by atoms with Crippen LogP contribution in [0.1, 0.15) is 28.9 Å². The average Bonchev–Trinajstić information content (AvgIpc) is 2.59. The Morgan fingerprint density at radius 3 is 2.68 bits per heavy atom. The maximum Gasteiger partial charge on any atom is 0.433 e. The van der Waals surface area contributed by atoms with Gasteiger partial charge in [0.05, 0.1) is 12.3 Å². The van der Waals surface area contributed by atoms with E-state index in [0.29, 0.717) is 11.3 Å². The Labute approximate surface area is 140 Å². The number of carbonyl (C=O) groups is 1. The van der Waals surface area contributed by atoms with Crippen LogP contribution in [0.15, 0.2) is 41.4 Å². The summed E-state index contributed by atoms with van der Waals surface area (Å²) in [5.74, 6) is -0.321. The highest BCUT2D eigenvalue weighted by atomic mass is 19.4. The van der Waals surface area contributed by atoms with Crippen molar-refractivity contribution in [2.45, 2.75) is 18.0 Å². The summed E-state index contributed by atoms with van der Waals surface area (Å²) < 4.78 is 45.1. The molecule has 1 amide bonds. The number of amidine groups is 1. The topological polar surface area (TPSA) is 77.6 Å². The summed E-state index contributed by atoms with van der Waals surface area (Å²) in [6, 6.07) is 8.79. The van der Waals surface area contributed by atoms with E-state index in [4.69, 9.17) is 10.5 Å². The van der Waals surface area contributed by atoms with Gasteiger partial charge in [-0.2, -0.15) is 18.2 Å². The zero-order chi connectivity index (χ0) is 17.8. The van der Waals surface area contributed by atoms with Gasteiger partial charge in [0.25, 0.3) is 5.91 Å². The first-order valence-electron chi connectivity index (χ1n) is 7.54. The Bertz CT molecular complexity index is 924. The molecule has 1 unspecified atom stereocenters. The summed E-state index contributed by atoms with van der Waals surface area (Å²) in [5.41, 5.74) is 3.96. The van der Waals surface area contributed by atoms with E-state index in [1.54, 1.807) is 24.3 Å².